The van der Waals surface area contributed by atoms with E-state index >= 15 is 0 Å². The van der Waals surface area contributed by atoms with E-state index in [4.69, 9.17) is 0 Å². The standard InChI is InChI=1S/C18H20F2N6/c1-24-10-13(9-21-24)11-25-4-2-17(3-5-25)26-12-18(22-23-26)14-6-15(19)8-16(20)7-14/h6-10,12,17H,2-5,11H2,1H3. The Labute approximate surface area is 150 Å². The fourth-order valence-electron chi connectivity index (χ4n) is 3.44. The minimum absolute atomic E-state index is 0.250. The maximum atomic E-state index is 13.4. The lowest BCUT2D eigenvalue weighted by molar-refractivity contribution is 0.172. The molecule has 3 aromatic rings. The first-order valence-corrected chi connectivity index (χ1v) is 8.65. The molecule has 0 spiro atoms. The monoisotopic (exact) mass is 358 g/mol. The fraction of sp³-hybridized carbons (Fsp3) is 0.389. The van der Waals surface area contributed by atoms with E-state index < -0.39 is 11.6 Å². The molecule has 6 nitrogen and oxygen atoms in total. The van der Waals surface area contributed by atoms with Crippen LogP contribution in [0.15, 0.2) is 36.8 Å². The van der Waals surface area contributed by atoms with E-state index in [1.54, 1.807) is 6.20 Å². The molecule has 136 valence electrons. The van der Waals surface area contributed by atoms with Crippen LogP contribution in [0.25, 0.3) is 11.3 Å². The number of nitrogens with zero attached hydrogens (tertiary/aromatic N) is 6. The Morgan fingerprint density at radius 1 is 1.08 bits per heavy atom. The predicted octanol–water partition coefficient (Wildman–Crippen LogP) is 2.79. The van der Waals surface area contributed by atoms with Gasteiger partial charge in [0.1, 0.15) is 17.3 Å². The van der Waals surface area contributed by atoms with Crippen LogP contribution in [-0.2, 0) is 13.6 Å². The SMILES string of the molecule is Cn1cc(CN2CCC(n3cc(-c4cc(F)cc(F)c4)nn3)CC2)cn1. The van der Waals surface area contributed by atoms with Gasteiger partial charge in [0.25, 0.3) is 0 Å². The molecule has 0 saturated carbocycles. The van der Waals surface area contributed by atoms with Crippen LogP contribution in [0, 0.1) is 11.6 Å². The normalized spacial score (nSPS) is 16.3. The second-order valence-electron chi connectivity index (χ2n) is 6.77. The first kappa shape index (κ1) is 16.8. The minimum atomic E-state index is -0.613. The van der Waals surface area contributed by atoms with Crippen molar-refractivity contribution >= 4 is 0 Å². The van der Waals surface area contributed by atoms with Gasteiger partial charge in [-0.25, -0.2) is 13.5 Å². The van der Waals surface area contributed by atoms with Gasteiger partial charge in [-0.1, -0.05) is 5.21 Å². The number of piperidine rings is 1. The van der Waals surface area contributed by atoms with Crippen molar-refractivity contribution in [1.29, 1.82) is 0 Å². The van der Waals surface area contributed by atoms with Gasteiger partial charge in [-0.3, -0.25) is 9.58 Å². The Balaban J connectivity index is 1.40. The summed E-state index contributed by atoms with van der Waals surface area (Å²) >= 11 is 0. The smallest absolute Gasteiger partial charge is 0.126 e. The van der Waals surface area contributed by atoms with Crippen LogP contribution in [0.4, 0.5) is 8.78 Å². The molecule has 0 unspecified atom stereocenters. The summed E-state index contributed by atoms with van der Waals surface area (Å²) in [5, 5.41) is 12.5. The van der Waals surface area contributed by atoms with Crippen molar-refractivity contribution in [2.45, 2.75) is 25.4 Å². The van der Waals surface area contributed by atoms with Gasteiger partial charge in [0.15, 0.2) is 0 Å². The van der Waals surface area contributed by atoms with Gasteiger partial charge < -0.3 is 0 Å². The van der Waals surface area contributed by atoms with Crippen LogP contribution in [0.5, 0.6) is 0 Å². The lowest BCUT2D eigenvalue weighted by atomic mass is 10.0. The van der Waals surface area contributed by atoms with Crippen molar-refractivity contribution < 1.29 is 8.78 Å². The molecule has 0 atom stereocenters. The number of hydrogen-bond donors (Lipinski definition) is 0. The Morgan fingerprint density at radius 2 is 1.81 bits per heavy atom. The van der Waals surface area contributed by atoms with Crippen LogP contribution in [0.1, 0.15) is 24.4 Å². The number of aromatic nitrogens is 5. The van der Waals surface area contributed by atoms with Crippen molar-refractivity contribution in [2.75, 3.05) is 13.1 Å². The molecular formula is C18H20F2N6. The van der Waals surface area contributed by atoms with Crippen LogP contribution in [0.2, 0.25) is 0 Å². The Morgan fingerprint density at radius 3 is 2.46 bits per heavy atom. The first-order valence-electron chi connectivity index (χ1n) is 8.65. The summed E-state index contributed by atoms with van der Waals surface area (Å²) in [6.07, 6.45) is 7.62. The molecule has 0 aliphatic carbocycles. The van der Waals surface area contributed by atoms with Crippen molar-refractivity contribution in [2.24, 2.45) is 7.05 Å². The number of halogens is 2. The molecule has 1 aliphatic rings. The molecule has 1 aliphatic heterocycles. The minimum Gasteiger partial charge on any atom is -0.299 e. The van der Waals surface area contributed by atoms with Crippen LogP contribution in [0.3, 0.4) is 0 Å². The summed E-state index contributed by atoms with van der Waals surface area (Å²) in [7, 11) is 1.92. The third kappa shape index (κ3) is 3.65. The van der Waals surface area contributed by atoms with Gasteiger partial charge in [0, 0.05) is 50.1 Å². The highest BCUT2D eigenvalue weighted by Gasteiger charge is 2.22. The molecule has 26 heavy (non-hydrogen) atoms. The number of likely N-dealkylation sites (tertiary alicyclic amines) is 1. The summed E-state index contributed by atoms with van der Waals surface area (Å²) in [6.45, 7) is 2.82. The van der Waals surface area contributed by atoms with E-state index in [9.17, 15) is 8.78 Å². The fourth-order valence-corrected chi connectivity index (χ4v) is 3.44. The van der Waals surface area contributed by atoms with Gasteiger partial charge in [-0.05, 0) is 25.0 Å². The molecule has 1 aromatic carbocycles. The van der Waals surface area contributed by atoms with E-state index in [-0.39, 0.29) is 6.04 Å². The third-order valence-electron chi connectivity index (χ3n) is 4.76. The third-order valence-corrected chi connectivity index (χ3v) is 4.76. The Hall–Kier alpha value is -2.61. The van der Waals surface area contributed by atoms with Gasteiger partial charge in [-0.2, -0.15) is 5.10 Å². The summed E-state index contributed by atoms with van der Waals surface area (Å²) in [5.74, 6) is -1.23. The molecule has 0 radical (unpaired) electrons. The maximum absolute atomic E-state index is 13.4. The van der Waals surface area contributed by atoms with Crippen LogP contribution in [-0.4, -0.2) is 42.8 Å². The molecule has 2 aromatic heterocycles. The van der Waals surface area contributed by atoms with Crippen molar-refractivity contribution in [3.63, 3.8) is 0 Å². The molecule has 0 amide bonds. The summed E-state index contributed by atoms with van der Waals surface area (Å²) in [4.78, 5) is 2.40. The summed E-state index contributed by atoms with van der Waals surface area (Å²) in [6, 6.07) is 3.65. The molecule has 0 N–H and O–H groups in total. The summed E-state index contributed by atoms with van der Waals surface area (Å²) in [5.41, 5.74) is 2.10. The molecule has 0 bridgehead atoms. The highest BCUT2D eigenvalue weighted by molar-refractivity contribution is 5.57. The Kier molecular flexibility index (Phi) is 4.50. The average Bonchev–Trinajstić information content (AvgIpc) is 3.24. The van der Waals surface area contributed by atoms with Gasteiger partial charge in [-0.15, -0.1) is 5.10 Å². The average molecular weight is 358 g/mol. The topological polar surface area (TPSA) is 51.8 Å². The predicted molar refractivity (Wildman–Crippen MR) is 92.1 cm³/mol. The number of benzene rings is 1. The zero-order chi connectivity index (χ0) is 18.1. The number of rotatable bonds is 4. The second kappa shape index (κ2) is 6.95. The van der Waals surface area contributed by atoms with Gasteiger partial charge in [0.2, 0.25) is 0 Å². The van der Waals surface area contributed by atoms with Gasteiger partial charge >= 0.3 is 0 Å². The molecule has 8 heteroatoms. The maximum Gasteiger partial charge on any atom is 0.126 e. The lowest BCUT2D eigenvalue weighted by Gasteiger charge is -2.31. The van der Waals surface area contributed by atoms with Crippen molar-refractivity contribution in [1.82, 2.24) is 29.7 Å². The number of hydrogen-bond acceptors (Lipinski definition) is 4. The molecule has 1 saturated heterocycles. The van der Waals surface area contributed by atoms with Crippen LogP contribution < -0.4 is 0 Å². The van der Waals surface area contributed by atoms with E-state index in [0.717, 1.165) is 38.5 Å². The molecule has 4 rings (SSSR count). The van der Waals surface area contributed by atoms with E-state index in [1.807, 2.05) is 28.8 Å². The van der Waals surface area contributed by atoms with Gasteiger partial charge in [0.05, 0.1) is 18.4 Å². The van der Waals surface area contributed by atoms with E-state index in [1.165, 1.54) is 17.7 Å². The molecular weight excluding hydrogens is 338 g/mol. The van der Waals surface area contributed by atoms with Crippen molar-refractivity contribution in [3.05, 3.63) is 54.0 Å². The van der Waals surface area contributed by atoms with Crippen molar-refractivity contribution in [3.8, 4) is 11.3 Å². The zero-order valence-electron chi connectivity index (χ0n) is 14.5. The zero-order valence-corrected chi connectivity index (χ0v) is 14.5. The lowest BCUT2D eigenvalue weighted by Crippen LogP contribution is -2.34. The largest absolute Gasteiger partial charge is 0.299 e. The van der Waals surface area contributed by atoms with E-state index in [2.05, 4.69) is 20.3 Å². The van der Waals surface area contributed by atoms with Crippen LogP contribution >= 0.6 is 0 Å². The quantitative estimate of drug-likeness (QED) is 0.720. The molecule has 1 fully saturated rings. The highest BCUT2D eigenvalue weighted by Crippen LogP contribution is 2.25. The van der Waals surface area contributed by atoms with E-state index in [0.29, 0.717) is 11.3 Å². The molecule has 3 heterocycles. The highest BCUT2D eigenvalue weighted by atomic mass is 19.1. The first-order chi connectivity index (χ1) is 12.6. The number of aryl methyl sites for hydroxylation is 1. The second-order valence-corrected chi connectivity index (χ2v) is 6.77. The Bertz CT molecular complexity index is 874. The summed E-state index contributed by atoms with van der Waals surface area (Å²) < 4.78 is 30.4.